The van der Waals surface area contributed by atoms with Gasteiger partial charge in [0.15, 0.2) is 0 Å². The van der Waals surface area contributed by atoms with Crippen LogP contribution in [0.2, 0.25) is 0 Å². The molecule has 0 aliphatic carbocycles. The second-order valence-corrected chi connectivity index (χ2v) is 3.19. The van der Waals surface area contributed by atoms with Gasteiger partial charge in [-0.3, -0.25) is 9.59 Å². The van der Waals surface area contributed by atoms with E-state index in [1.807, 2.05) is 0 Å². The van der Waals surface area contributed by atoms with Crippen molar-refractivity contribution in [2.24, 2.45) is 5.73 Å². The van der Waals surface area contributed by atoms with E-state index in [-0.39, 0.29) is 12.0 Å². The quantitative estimate of drug-likeness (QED) is 0.717. The molecule has 1 aromatic carbocycles. The molecule has 0 aliphatic rings. The lowest BCUT2D eigenvalue weighted by Crippen LogP contribution is -2.18. The van der Waals surface area contributed by atoms with E-state index in [0.29, 0.717) is 16.5 Å². The maximum absolute atomic E-state index is 11.4. The molecule has 0 spiro atoms. The van der Waals surface area contributed by atoms with E-state index >= 15 is 0 Å². The Morgan fingerprint density at radius 1 is 1.33 bits per heavy atom. The van der Waals surface area contributed by atoms with E-state index in [2.05, 4.69) is 10.2 Å². The molecule has 0 bridgehead atoms. The van der Waals surface area contributed by atoms with Crippen LogP contribution in [-0.4, -0.2) is 16.1 Å². The number of fused-ring (bicyclic) bond motifs is 1. The average Bonchev–Trinajstić information content (AvgIpc) is 2.22. The fraction of sp³-hybridized carbons (Fsp3) is 0.100. The summed E-state index contributed by atoms with van der Waals surface area (Å²) in [5, 5.41) is 7.33. The second-order valence-electron chi connectivity index (χ2n) is 3.19. The highest BCUT2D eigenvalue weighted by Gasteiger charge is 2.07. The number of nitrogens with zero attached hydrogens (tertiary/aromatic N) is 1. The highest BCUT2D eigenvalue weighted by Crippen LogP contribution is 2.12. The molecule has 0 unspecified atom stereocenters. The van der Waals surface area contributed by atoms with Crippen LogP contribution in [0.3, 0.4) is 0 Å². The van der Waals surface area contributed by atoms with Crippen molar-refractivity contribution in [3.05, 3.63) is 40.3 Å². The number of benzene rings is 1. The molecule has 15 heavy (non-hydrogen) atoms. The number of nitrogens with one attached hydrogen (secondary N) is 1. The van der Waals surface area contributed by atoms with Gasteiger partial charge in [-0.25, -0.2) is 5.10 Å². The van der Waals surface area contributed by atoms with Gasteiger partial charge in [-0.15, -0.1) is 0 Å². The van der Waals surface area contributed by atoms with Crippen molar-refractivity contribution in [2.45, 2.75) is 6.42 Å². The van der Waals surface area contributed by atoms with Crippen molar-refractivity contribution >= 4 is 16.7 Å². The number of hydrogen-bond donors (Lipinski definition) is 2. The van der Waals surface area contributed by atoms with E-state index in [0.717, 1.165) is 0 Å². The zero-order valence-electron chi connectivity index (χ0n) is 7.86. The third kappa shape index (κ3) is 1.71. The lowest BCUT2D eigenvalue weighted by molar-refractivity contribution is -0.117. The van der Waals surface area contributed by atoms with E-state index in [1.165, 1.54) is 0 Å². The summed E-state index contributed by atoms with van der Waals surface area (Å²) in [4.78, 5) is 22.2. The van der Waals surface area contributed by atoms with Gasteiger partial charge in [0.25, 0.3) is 5.56 Å². The Balaban J connectivity index is 2.71. The highest BCUT2D eigenvalue weighted by molar-refractivity contribution is 5.87. The zero-order chi connectivity index (χ0) is 10.8. The number of carbonyl (C=O) groups is 1. The Kier molecular flexibility index (Phi) is 2.21. The Labute approximate surface area is 84.9 Å². The third-order valence-corrected chi connectivity index (χ3v) is 2.12. The highest BCUT2D eigenvalue weighted by atomic mass is 16.1. The molecule has 2 rings (SSSR count). The fourth-order valence-corrected chi connectivity index (χ4v) is 1.47. The standard InChI is InChI=1S/C10H9N3O2/c11-9(14)5-8-6-3-1-2-4-7(6)10(15)13-12-8/h1-4H,5H2,(H2,11,14)(H,13,15). The molecule has 0 atom stereocenters. The van der Waals surface area contributed by atoms with Crippen LogP contribution in [0.15, 0.2) is 29.1 Å². The summed E-state index contributed by atoms with van der Waals surface area (Å²) in [7, 11) is 0. The number of rotatable bonds is 2. The molecule has 5 heteroatoms. The molecule has 1 amide bonds. The molecule has 0 saturated heterocycles. The van der Waals surface area contributed by atoms with E-state index in [1.54, 1.807) is 24.3 Å². The first-order valence-electron chi connectivity index (χ1n) is 4.43. The maximum Gasteiger partial charge on any atom is 0.272 e. The Bertz CT molecular complexity index is 574. The van der Waals surface area contributed by atoms with Crippen molar-refractivity contribution in [1.29, 1.82) is 0 Å². The van der Waals surface area contributed by atoms with Crippen molar-refractivity contribution in [1.82, 2.24) is 10.2 Å². The predicted octanol–water partition coefficient (Wildman–Crippen LogP) is -0.0491. The lowest BCUT2D eigenvalue weighted by atomic mass is 10.1. The summed E-state index contributed by atoms with van der Waals surface area (Å²) >= 11 is 0. The van der Waals surface area contributed by atoms with Crippen LogP contribution >= 0.6 is 0 Å². The number of amides is 1. The first kappa shape index (κ1) is 9.39. The fourth-order valence-electron chi connectivity index (χ4n) is 1.47. The molecule has 0 radical (unpaired) electrons. The van der Waals surface area contributed by atoms with Crippen LogP contribution in [0.1, 0.15) is 5.69 Å². The SMILES string of the molecule is NC(=O)Cc1n[nH]c(=O)c2ccccc12. The van der Waals surface area contributed by atoms with Gasteiger partial charge in [-0.1, -0.05) is 18.2 Å². The average molecular weight is 203 g/mol. The van der Waals surface area contributed by atoms with Crippen molar-refractivity contribution in [2.75, 3.05) is 0 Å². The summed E-state index contributed by atoms with van der Waals surface area (Å²) in [5.41, 5.74) is 5.32. The summed E-state index contributed by atoms with van der Waals surface area (Å²) < 4.78 is 0. The number of hydrogen-bond acceptors (Lipinski definition) is 3. The Morgan fingerprint density at radius 2 is 2.00 bits per heavy atom. The number of carbonyl (C=O) groups excluding carboxylic acids is 1. The lowest BCUT2D eigenvalue weighted by Gasteiger charge is -2.01. The summed E-state index contributed by atoms with van der Waals surface area (Å²) in [6.45, 7) is 0. The number of primary amides is 1. The van der Waals surface area contributed by atoms with Gasteiger partial charge >= 0.3 is 0 Å². The molecule has 1 aromatic heterocycles. The minimum Gasteiger partial charge on any atom is -0.369 e. The number of nitrogens with two attached hydrogens (primary N) is 1. The monoisotopic (exact) mass is 203 g/mol. The minimum absolute atomic E-state index is 0.0251. The number of aromatic amines is 1. The Morgan fingerprint density at radius 3 is 2.67 bits per heavy atom. The first-order chi connectivity index (χ1) is 7.18. The van der Waals surface area contributed by atoms with E-state index in [9.17, 15) is 9.59 Å². The van der Waals surface area contributed by atoms with Crippen LogP contribution in [-0.2, 0) is 11.2 Å². The van der Waals surface area contributed by atoms with Crippen LogP contribution in [0, 0.1) is 0 Å². The molecule has 0 aliphatic heterocycles. The van der Waals surface area contributed by atoms with Crippen molar-refractivity contribution in [3.63, 3.8) is 0 Å². The molecule has 5 nitrogen and oxygen atoms in total. The molecule has 3 N–H and O–H groups in total. The molecule has 0 saturated carbocycles. The number of aromatic nitrogens is 2. The number of H-pyrrole nitrogens is 1. The molecule has 1 heterocycles. The topological polar surface area (TPSA) is 88.8 Å². The van der Waals surface area contributed by atoms with Crippen molar-refractivity contribution in [3.8, 4) is 0 Å². The van der Waals surface area contributed by atoms with Crippen LogP contribution in [0.25, 0.3) is 10.8 Å². The van der Waals surface area contributed by atoms with Gasteiger partial charge in [0.2, 0.25) is 5.91 Å². The maximum atomic E-state index is 11.4. The normalized spacial score (nSPS) is 10.4. The summed E-state index contributed by atoms with van der Waals surface area (Å²) in [6, 6.07) is 6.97. The molecule has 2 aromatic rings. The minimum atomic E-state index is -0.472. The van der Waals surface area contributed by atoms with Crippen molar-refractivity contribution < 1.29 is 4.79 Å². The van der Waals surface area contributed by atoms with Gasteiger partial charge in [-0.05, 0) is 6.07 Å². The molecular formula is C10H9N3O2. The van der Waals surface area contributed by atoms with Gasteiger partial charge in [0.1, 0.15) is 0 Å². The van der Waals surface area contributed by atoms with Gasteiger partial charge in [0, 0.05) is 5.39 Å². The molecule has 0 fully saturated rings. The first-order valence-corrected chi connectivity index (χ1v) is 4.43. The van der Waals surface area contributed by atoms with Crippen LogP contribution in [0.5, 0.6) is 0 Å². The molecular weight excluding hydrogens is 194 g/mol. The van der Waals surface area contributed by atoms with Gasteiger partial charge in [-0.2, -0.15) is 5.10 Å². The smallest absolute Gasteiger partial charge is 0.272 e. The summed E-state index contributed by atoms with van der Waals surface area (Å²) in [5.74, 6) is -0.472. The van der Waals surface area contributed by atoms with Gasteiger partial charge < -0.3 is 5.73 Å². The van der Waals surface area contributed by atoms with Gasteiger partial charge in [0.05, 0.1) is 17.5 Å². The Hall–Kier alpha value is -2.17. The predicted molar refractivity (Wildman–Crippen MR) is 55.3 cm³/mol. The largest absolute Gasteiger partial charge is 0.369 e. The van der Waals surface area contributed by atoms with Crippen LogP contribution in [0.4, 0.5) is 0 Å². The van der Waals surface area contributed by atoms with E-state index in [4.69, 9.17) is 5.73 Å². The third-order valence-electron chi connectivity index (χ3n) is 2.12. The summed E-state index contributed by atoms with van der Waals surface area (Å²) in [6.07, 6.45) is 0.0251. The molecule has 76 valence electrons. The second kappa shape index (κ2) is 3.53. The van der Waals surface area contributed by atoms with Crippen LogP contribution < -0.4 is 11.3 Å². The zero-order valence-corrected chi connectivity index (χ0v) is 7.86. The van der Waals surface area contributed by atoms with E-state index < -0.39 is 5.91 Å².